The van der Waals surface area contributed by atoms with E-state index in [-0.39, 0.29) is 11.7 Å². The van der Waals surface area contributed by atoms with Crippen LogP contribution in [0.25, 0.3) is 0 Å². The van der Waals surface area contributed by atoms with Crippen LogP contribution in [0.3, 0.4) is 0 Å². The van der Waals surface area contributed by atoms with Gasteiger partial charge in [0.2, 0.25) is 5.84 Å². The number of amidine groups is 2. The smallest absolute Gasteiger partial charge is 0.324 e. The maximum absolute atomic E-state index is 5.75. The van der Waals surface area contributed by atoms with Crippen LogP contribution < -0.4 is 10.6 Å². The zero-order valence-electron chi connectivity index (χ0n) is 10.6. The number of nitrogens with two attached hydrogens (primary N) is 1. The van der Waals surface area contributed by atoms with Crippen LogP contribution in [0.4, 0.5) is 0 Å². The summed E-state index contributed by atoms with van der Waals surface area (Å²) in [5.41, 5.74) is 5.75. The van der Waals surface area contributed by atoms with Gasteiger partial charge in [0, 0.05) is 6.07 Å². The molecule has 104 valence electrons. The molecule has 2 aromatic heterocycles. The fraction of sp³-hybridized carbons (Fsp3) is 0. The van der Waals surface area contributed by atoms with Crippen molar-refractivity contribution < 1.29 is 18.5 Å². The molecule has 0 radical (unpaired) electrons. The number of aromatic nitrogens is 1. The number of hydrogen-bond acceptors (Lipinski definition) is 8. The van der Waals surface area contributed by atoms with E-state index < -0.39 is 4.76 Å². The first-order valence-electron chi connectivity index (χ1n) is 6.00. The molecule has 0 saturated carbocycles. The zero-order chi connectivity index (χ0) is 14.3. The van der Waals surface area contributed by atoms with E-state index in [9.17, 15) is 0 Å². The topological polar surface area (TPSA) is 112 Å². The van der Waals surface area contributed by atoms with E-state index in [1.807, 2.05) is 0 Å². The molecule has 4 rings (SSSR count). The fourth-order valence-electron chi connectivity index (χ4n) is 1.94. The Kier molecular flexibility index (Phi) is 2.29. The second kappa shape index (κ2) is 4.15. The highest BCUT2D eigenvalue weighted by molar-refractivity contribution is 6.03. The lowest BCUT2D eigenvalue weighted by Crippen LogP contribution is -2.44. The first-order valence-corrected chi connectivity index (χ1v) is 6.00. The number of nitrogens with zero attached hydrogens (tertiary/aromatic N) is 5. The summed E-state index contributed by atoms with van der Waals surface area (Å²) < 4.78 is 9.54. The minimum absolute atomic E-state index is 0.238. The summed E-state index contributed by atoms with van der Waals surface area (Å²) in [6.45, 7) is 0. The van der Waals surface area contributed by atoms with E-state index in [0.717, 1.165) is 0 Å². The molecule has 9 heteroatoms. The number of furan rings is 1. The van der Waals surface area contributed by atoms with E-state index in [1.165, 1.54) is 12.6 Å². The molecule has 1 unspecified atom stereocenters. The molecule has 4 heterocycles. The summed E-state index contributed by atoms with van der Waals surface area (Å²) in [6.07, 6.45) is 5.97. The Bertz CT molecular complexity index is 787. The van der Waals surface area contributed by atoms with E-state index in [2.05, 4.69) is 20.2 Å². The van der Waals surface area contributed by atoms with Crippen molar-refractivity contribution in [2.75, 3.05) is 0 Å². The Morgan fingerprint density at radius 2 is 2.19 bits per heavy atom. The Morgan fingerprint density at radius 3 is 2.95 bits per heavy atom. The van der Waals surface area contributed by atoms with Crippen LogP contribution in [0, 0.1) is 0 Å². The summed E-state index contributed by atoms with van der Waals surface area (Å²) in [6, 6.07) is 5.06. The molecule has 0 amide bonds. The fourth-order valence-corrected chi connectivity index (χ4v) is 1.94. The predicted molar refractivity (Wildman–Crippen MR) is 70.8 cm³/mol. The van der Waals surface area contributed by atoms with Gasteiger partial charge in [0.15, 0.2) is 11.6 Å². The van der Waals surface area contributed by atoms with Gasteiger partial charge in [0.1, 0.15) is 6.26 Å². The number of quaternary nitrogens is 1. The van der Waals surface area contributed by atoms with Gasteiger partial charge in [-0.25, -0.2) is 4.84 Å². The summed E-state index contributed by atoms with van der Waals surface area (Å²) in [5.74, 6) is 1.90. The number of rotatable bonds is 3. The second-order valence-corrected chi connectivity index (χ2v) is 4.24. The lowest BCUT2D eigenvalue weighted by molar-refractivity contribution is -0.974. The highest BCUT2D eigenvalue weighted by atomic mass is 16.8. The Balaban J connectivity index is 1.73. The molecule has 21 heavy (non-hydrogen) atoms. The van der Waals surface area contributed by atoms with Crippen molar-refractivity contribution >= 4 is 18.0 Å². The highest BCUT2D eigenvalue weighted by Crippen LogP contribution is 2.29. The SMILES string of the molecule is NC1=N[N+]2(Oc3ccon3)C=NC(c3ccco3)=NC2=C1. The molecule has 2 aliphatic heterocycles. The summed E-state index contributed by atoms with van der Waals surface area (Å²) in [4.78, 5) is 14.2. The number of aliphatic imine (C=N–C) groups is 2. The third kappa shape index (κ3) is 1.83. The van der Waals surface area contributed by atoms with Crippen molar-refractivity contribution in [2.24, 2.45) is 20.8 Å². The predicted octanol–water partition coefficient (Wildman–Crippen LogP) is 0.994. The Labute approximate surface area is 117 Å². The van der Waals surface area contributed by atoms with E-state index in [4.69, 9.17) is 19.5 Å². The Hall–Kier alpha value is -3.20. The molecule has 2 aromatic rings. The van der Waals surface area contributed by atoms with E-state index in [1.54, 1.807) is 30.5 Å². The molecule has 1 atom stereocenters. The first kappa shape index (κ1) is 11.6. The van der Waals surface area contributed by atoms with Crippen LogP contribution in [0.15, 0.2) is 66.6 Å². The van der Waals surface area contributed by atoms with Crippen LogP contribution in [0.2, 0.25) is 0 Å². The van der Waals surface area contributed by atoms with Crippen molar-refractivity contribution in [2.45, 2.75) is 0 Å². The van der Waals surface area contributed by atoms with E-state index >= 15 is 0 Å². The van der Waals surface area contributed by atoms with E-state index in [0.29, 0.717) is 17.4 Å². The summed E-state index contributed by atoms with van der Waals surface area (Å²) in [7, 11) is 0. The van der Waals surface area contributed by atoms with Crippen LogP contribution in [-0.4, -0.2) is 27.9 Å². The highest BCUT2D eigenvalue weighted by Gasteiger charge is 2.45. The number of hydroxylamine groups is 2. The van der Waals surface area contributed by atoms with Crippen LogP contribution in [0.5, 0.6) is 5.88 Å². The monoisotopic (exact) mass is 285 g/mol. The summed E-state index contributed by atoms with van der Waals surface area (Å²) in [5, 5.41) is 7.86. The molecular formula is C12H9N6O3+. The maximum Gasteiger partial charge on any atom is 0.324 e. The van der Waals surface area contributed by atoms with Crippen LogP contribution >= 0.6 is 0 Å². The molecule has 0 spiro atoms. The molecule has 0 aliphatic carbocycles. The van der Waals surface area contributed by atoms with Crippen molar-refractivity contribution in [3.8, 4) is 5.88 Å². The van der Waals surface area contributed by atoms with Gasteiger partial charge in [-0.05, 0) is 22.4 Å². The molecule has 0 fully saturated rings. The number of fused-ring (bicyclic) bond motifs is 1. The molecule has 0 bridgehead atoms. The average molecular weight is 285 g/mol. The minimum atomic E-state index is -0.456. The molecular weight excluding hydrogens is 276 g/mol. The molecule has 2 N–H and O–H groups in total. The van der Waals surface area contributed by atoms with Gasteiger partial charge in [-0.2, -0.15) is 9.98 Å². The van der Waals surface area contributed by atoms with Gasteiger partial charge in [-0.15, -0.1) is 0 Å². The van der Waals surface area contributed by atoms with Crippen LogP contribution in [-0.2, 0) is 0 Å². The third-order valence-corrected chi connectivity index (χ3v) is 2.81. The third-order valence-electron chi connectivity index (χ3n) is 2.81. The Morgan fingerprint density at radius 1 is 1.24 bits per heavy atom. The quantitative estimate of drug-likeness (QED) is 0.845. The van der Waals surface area contributed by atoms with Crippen molar-refractivity contribution in [3.63, 3.8) is 0 Å². The van der Waals surface area contributed by atoms with Gasteiger partial charge in [-0.1, -0.05) is 0 Å². The zero-order valence-corrected chi connectivity index (χ0v) is 10.6. The van der Waals surface area contributed by atoms with Crippen LogP contribution in [0.1, 0.15) is 5.76 Å². The lowest BCUT2D eigenvalue weighted by atomic mass is 10.4. The first-order chi connectivity index (χ1) is 10.3. The normalized spacial score (nSPS) is 23.3. The largest absolute Gasteiger partial charge is 0.461 e. The molecule has 0 saturated heterocycles. The molecule has 9 nitrogen and oxygen atoms in total. The molecule has 0 aromatic carbocycles. The summed E-state index contributed by atoms with van der Waals surface area (Å²) >= 11 is 0. The molecule has 2 aliphatic rings. The standard InChI is InChI=1S/C12H9N6O3/c13-9-6-10-15-12(8-2-1-4-19-8)14-7-18(10,16-9)21-11-3-5-20-17-11/h1-7H,(H2,13,16)/q+1. The van der Waals surface area contributed by atoms with Gasteiger partial charge in [-0.3, -0.25) is 0 Å². The van der Waals surface area contributed by atoms with Gasteiger partial charge in [0.25, 0.3) is 6.34 Å². The van der Waals surface area contributed by atoms with Crippen molar-refractivity contribution in [1.29, 1.82) is 0 Å². The van der Waals surface area contributed by atoms with Gasteiger partial charge in [0.05, 0.1) is 17.1 Å². The van der Waals surface area contributed by atoms with Crippen molar-refractivity contribution in [1.82, 2.24) is 5.16 Å². The minimum Gasteiger partial charge on any atom is -0.461 e. The second-order valence-electron chi connectivity index (χ2n) is 4.24. The maximum atomic E-state index is 5.75. The van der Waals surface area contributed by atoms with Gasteiger partial charge >= 0.3 is 11.7 Å². The number of hydrogen-bond donors (Lipinski definition) is 1. The van der Waals surface area contributed by atoms with Gasteiger partial charge < -0.3 is 14.7 Å². The average Bonchev–Trinajstić information content (AvgIpc) is 3.17. The lowest BCUT2D eigenvalue weighted by Gasteiger charge is -2.21. The van der Waals surface area contributed by atoms with Crippen molar-refractivity contribution in [3.05, 3.63) is 48.4 Å².